The van der Waals surface area contributed by atoms with Gasteiger partial charge in [-0.3, -0.25) is 4.79 Å². The van der Waals surface area contributed by atoms with E-state index in [-0.39, 0.29) is 5.91 Å². The molecule has 1 aromatic heterocycles. The lowest BCUT2D eigenvalue weighted by atomic mass is 10.2. The summed E-state index contributed by atoms with van der Waals surface area (Å²) in [6.45, 7) is 0. The zero-order chi connectivity index (χ0) is 18.1. The Balaban J connectivity index is 1.62. The molecule has 0 atom stereocenters. The number of thiazole rings is 1. The van der Waals surface area contributed by atoms with Crippen LogP contribution in [0.4, 0.5) is 5.69 Å². The number of amides is 1. The molecule has 0 bridgehead atoms. The Hall–Kier alpha value is -1.96. The number of anilines is 1. The van der Waals surface area contributed by atoms with Gasteiger partial charge in [0, 0.05) is 14.8 Å². The lowest BCUT2D eigenvalue weighted by Gasteiger charge is -2.08. The predicted molar refractivity (Wildman–Crippen MR) is 117 cm³/mol. The number of hydrogen-bond acceptors (Lipinski definition) is 3. The maximum absolute atomic E-state index is 12.4. The van der Waals surface area contributed by atoms with Gasteiger partial charge in [-0.25, -0.2) is 4.98 Å². The van der Waals surface area contributed by atoms with E-state index < -0.39 is 0 Å². The third-order valence-electron chi connectivity index (χ3n) is 3.87. The topological polar surface area (TPSA) is 42.0 Å². The monoisotopic (exact) mass is 490 g/mol. The molecule has 0 unspecified atom stereocenters. The van der Waals surface area contributed by atoms with E-state index in [1.165, 1.54) is 0 Å². The van der Waals surface area contributed by atoms with Crippen molar-refractivity contribution in [3.8, 4) is 10.6 Å². The Morgan fingerprint density at radius 1 is 1.04 bits per heavy atom. The second-order valence-corrected chi connectivity index (χ2v) is 8.22. The zero-order valence-electron chi connectivity index (χ0n) is 13.4. The van der Waals surface area contributed by atoms with Gasteiger partial charge in [0.15, 0.2) is 0 Å². The molecule has 1 heterocycles. The van der Waals surface area contributed by atoms with Crippen molar-refractivity contribution in [1.82, 2.24) is 4.98 Å². The third kappa shape index (κ3) is 3.47. The summed E-state index contributed by atoms with van der Waals surface area (Å²) in [5.41, 5.74) is 3.11. The van der Waals surface area contributed by atoms with Gasteiger partial charge in [0.2, 0.25) is 0 Å². The lowest BCUT2D eigenvalue weighted by molar-refractivity contribution is 0.102. The van der Waals surface area contributed by atoms with Gasteiger partial charge < -0.3 is 5.32 Å². The van der Waals surface area contributed by atoms with Crippen LogP contribution in [0, 0.1) is 3.57 Å². The van der Waals surface area contributed by atoms with E-state index in [1.54, 1.807) is 23.5 Å². The second kappa shape index (κ2) is 7.34. The molecule has 3 nitrogen and oxygen atoms in total. The standard InChI is InChI=1S/C20H12ClIN2OS/c21-15-11-12(23-19(25)14-5-1-2-6-16(14)22)9-10-13(15)20-24-17-7-3-4-8-18(17)26-20/h1-11H,(H,23,25). The number of rotatable bonds is 3. The fraction of sp³-hybridized carbons (Fsp3) is 0. The second-order valence-electron chi connectivity index (χ2n) is 5.62. The molecule has 128 valence electrons. The van der Waals surface area contributed by atoms with Crippen LogP contribution in [-0.4, -0.2) is 10.9 Å². The van der Waals surface area contributed by atoms with Gasteiger partial charge in [0.05, 0.1) is 20.8 Å². The van der Waals surface area contributed by atoms with E-state index in [9.17, 15) is 4.79 Å². The molecule has 1 amide bonds. The number of para-hydroxylation sites is 1. The summed E-state index contributed by atoms with van der Waals surface area (Å²) in [5.74, 6) is -0.154. The van der Waals surface area contributed by atoms with E-state index in [0.29, 0.717) is 16.3 Å². The summed E-state index contributed by atoms with van der Waals surface area (Å²) >= 11 is 10.2. The number of nitrogens with one attached hydrogen (secondary N) is 1. The molecule has 0 fully saturated rings. The number of hydrogen-bond donors (Lipinski definition) is 1. The molecule has 0 aliphatic rings. The average molecular weight is 491 g/mol. The molecular weight excluding hydrogens is 479 g/mol. The first-order valence-corrected chi connectivity index (χ1v) is 10.1. The van der Waals surface area contributed by atoms with Crippen LogP contribution in [0.25, 0.3) is 20.8 Å². The van der Waals surface area contributed by atoms with Crippen LogP contribution in [0.3, 0.4) is 0 Å². The summed E-state index contributed by atoms with van der Waals surface area (Å²) in [5, 5.41) is 4.33. The van der Waals surface area contributed by atoms with Gasteiger partial charge in [-0.1, -0.05) is 35.9 Å². The summed E-state index contributed by atoms with van der Waals surface area (Å²) in [6.07, 6.45) is 0. The number of aromatic nitrogens is 1. The van der Waals surface area contributed by atoms with Gasteiger partial charge in [0.1, 0.15) is 5.01 Å². The molecule has 4 aromatic rings. The first-order chi connectivity index (χ1) is 12.6. The van der Waals surface area contributed by atoms with Gasteiger partial charge in [-0.2, -0.15) is 0 Å². The van der Waals surface area contributed by atoms with E-state index in [0.717, 1.165) is 24.4 Å². The molecule has 0 saturated heterocycles. The first-order valence-electron chi connectivity index (χ1n) is 7.83. The van der Waals surface area contributed by atoms with Gasteiger partial charge >= 0.3 is 0 Å². The molecule has 4 rings (SSSR count). The molecule has 0 spiro atoms. The fourth-order valence-electron chi connectivity index (χ4n) is 2.60. The number of nitrogens with zero attached hydrogens (tertiary/aromatic N) is 1. The molecule has 3 aromatic carbocycles. The summed E-state index contributed by atoms with van der Waals surface area (Å²) in [4.78, 5) is 17.1. The van der Waals surface area contributed by atoms with Crippen LogP contribution in [0.1, 0.15) is 10.4 Å². The third-order valence-corrected chi connectivity index (χ3v) is 6.19. The van der Waals surface area contributed by atoms with Crippen LogP contribution in [0.15, 0.2) is 66.7 Å². The van der Waals surface area contributed by atoms with Crippen LogP contribution < -0.4 is 5.32 Å². The maximum atomic E-state index is 12.4. The normalized spacial score (nSPS) is 10.8. The maximum Gasteiger partial charge on any atom is 0.256 e. The highest BCUT2D eigenvalue weighted by Gasteiger charge is 2.13. The molecule has 0 aliphatic carbocycles. The summed E-state index contributed by atoms with van der Waals surface area (Å²) in [6, 6.07) is 20.9. The minimum atomic E-state index is -0.154. The van der Waals surface area contributed by atoms with Crippen molar-refractivity contribution in [3.63, 3.8) is 0 Å². The number of halogens is 2. The van der Waals surface area contributed by atoms with Crippen molar-refractivity contribution >= 4 is 67.3 Å². The molecule has 0 aliphatic heterocycles. The Labute approximate surface area is 173 Å². The first kappa shape index (κ1) is 17.5. The van der Waals surface area contributed by atoms with Gasteiger partial charge in [-0.05, 0) is 65.1 Å². The Morgan fingerprint density at radius 2 is 1.81 bits per heavy atom. The van der Waals surface area contributed by atoms with Crippen LogP contribution in [0.2, 0.25) is 5.02 Å². The number of carbonyl (C=O) groups excluding carboxylic acids is 1. The van der Waals surface area contributed by atoms with Crippen molar-refractivity contribution in [2.45, 2.75) is 0 Å². The van der Waals surface area contributed by atoms with Crippen molar-refractivity contribution in [1.29, 1.82) is 0 Å². The highest BCUT2D eigenvalue weighted by Crippen LogP contribution is 2.35. The summed E-state index contributed by atoms with van der Waals surface area (Å²) < 4.78 is 2.02. The largest absolute Gasteiger partial charge is 0.322 e. The zero-order valence-corrected chi connectivity index (χ0v) is 17.1. The van der Waals surface area contributed by atoms with E-state index >= 15 is 0 Å². The minimum Gasteiger partial charge on any atom is -0.322 e. The van der Waals surface area contributed by atoms with E-state index in [4.69, 9.17) is 11.6 Å². The fourth-order valence-corrected chi connectivity index (χ4v) is 4.56. The highest BCUT2D eigenvalue weighted by atomic mass is 127. The number of benzene rings is 3. The van der Waals surface area contributed by atoms with Crippen LogP contribution >= 0.6 is 45.5 Å². The number of carbonyl (C=O) groups is 1. The molecule has 0 radical (unpaired) electrons. The highest BCUT2D eigenvalue weighted by molar-refractivity contribution is 14.1. The molecule has 0 saturated carbocycles. The molecule has 6 heteroatoms. The minimum absolute atomic E-state index is 0.154. The quantitative estimate of drug-likeness (QED) is 0.334. The van der Waals surface area contributed by atoms with Crippen molar-refractivity contribution < 1.29 is 4.79 Å². The molecule has 26 heavy (non-hydrogen) atoms. The van der Waals surface area contributed by atoms with E-state index in [1.807, 2.05) is 54.6 Å². The van der Waals surface area contributed by atoms with Crippen molar-refractivity contribution in [2.75, 3.05) is 5.32 Å². The average Bonchev–Trinajstić information content (AvgIpc) is 3.06. The molecular formula is C20H12ClIN2OS. The van der Waals surface area contributed by atoms with Crippen LogP contribution in [0.5, 0.6) is 0 Å². The Bertz CT molecular complexity index is 1090. The number of fused-ring (bicyclic) bond motifs is 1. The van der Waals surface area contributed by atoms with E-state index in [2.05, 4.69) is 32.9 Å². The smallest absolute Gasteiger partial charge is 0.256 e. The van der Waals surface area contributed by atoms with Crippen molar-refractivity contribution in [3.05, 3.63) is 80.9 Å². The summed E-state index contributed by atoms with van der Waals surface area (Å²) in [7, 11) is 0. The predicted octanol–water partition coefficient (Wildman–Crippen LogP) is 6.47. The SMILES string of the molecule is O=C(Nc1ccc(-c2nc3ccccc3s2)c(Cl)c1)c1ccccc1I. The molecule has 1 N–H and O–H groups in total. The van der Waals surface area contributed by atoms with Crippen molar-refractivity contribution in [2.24, 2.45) is 0 Å². The lowest BCUT2D eigenvalue weighted by Crippen LogP contribution is -2.13. The Morgan fingerprint density at radius 3 is 2.58 bits per heavy atom. The Kier molecular flexibility index (Phi) is 4.93. The van der Waals surface area contributed by atoms with Gasteiger partial charge in [-0.15, -0.1) is 11.3 Å². The van der Waals surface area contributed by atoms with Gasteiger partial charge in [0.25, 0.3) is 5.91 Å². The van der Waals surface area contributed by atoms with Crippen LogP contribution in [-0.2, 0) is 0 Å².